The summed E-state index contributed by atoms with van der Waals surface area (Å²) in [5.41, 5.74) is 3.24. The average molecular weight is 269 g/mol. The Hall–Kier alpha value is -2.29. The lowest BCUT2D eigenvalue weighted by molar-refractivity contribution is 0.136. The molecule has 2 rings (SSSR count). The van der Waals surface area contributed by atoms with E-state index < -0.39 is 6.09 Å². The highest BCUT2D eigenvalue weighted by atomic mass is 16.5. The van der Waals surface area contributed by atoms with Crippen molar-refractivity contribution in [3.05, 3.63) is 71.3 Å². The molecule has 0 aromatic heterocycles. The van der Waals surface area contributed by atoms with Crippen molar-refractivity contribution in [2.75, 3.05) is 0 Å². The first kappa shape index (κ1) is 14.1. The van der Waals surface area contributed by atoms with Crippen LogP contribution < -0.4 is 5.32 Å². The lowest BCUT2D eigenvalue weighted by atomic mass is 10.1. The van der Waals surface area contributed by atoms with Crippen molar-refractivity contribution in [3.63, 3.8) is 0 Å². The van der Waals surface area contributed by atoms with Crippen LogP contribution in [0.4, 0.5) is 4.79 Å². The molecule has 0 fully saturated rings. The van der Waals surface area contributed by atoms with E-state index in [1.54, 1.807) is 0 Å². The van der Waals surface area contributed by atoms with Crippen LogP contribution in [0.3, 0.4) is 0 Å². The Labute approximate surface area is 119 Å². The SMILES string of the molecule is Cc1ccc([C@@H](C)NC(=O)OCc2ccccc2)cc1. The fraction of sp³-hybridized carbons (Fsp3) is 0.235. The molecule has 0 bridgehead atoms. The summed E-state index contributed by atoms with van der Waals surface area (Å²) in [4.78, 5) is 11.7. The quantitative estimate of drug-likeness (QED) is 0.911. The summed E-state index contributed by atoms with van der Waals surface area (Å²) >= 11 is 0. The minimum Gasteiger partial charge on any atom is -0.445 e. The van der Waals surface area contributed by atoms with E-state index in [0.717, 1.165) is 11.1 Å². The highest BCUT2D eigenvalue weighted by molar-refractivity contribution is 5.67. The Morgan fingerprint density at radius 2 is 1.75 bits per heavy atom. The topological polar surface area (TPSA) is 38.3 Å². The maximum Gasteiger partial charge on any atom is 0.407 e. The van der Waals surface area contributed by atoms with Crippen molar-refractivity contribution < 1.29 is 9.53 Å². The molecule has 3 nitrogen and oxygen atoms in total. The second-order valence-electron chi connectivity index (χ2n) is 4.84. The molecule has 0 aliphatic heterocycles. The van der Waals surface area contributed by atoms with E-state index in [4.69, 9.17) is 4.74 Å². The van der Waals surface area contributed by atoms with Gasteiger partial charge in [0.2, 0.25) is 0 Å². The maximum absolute atomic E-state index is 11.7. The Kier molecular flexibility index (Phi) is 4.77. The molecule has 1 N–H and O–H groups in total. The van der Waals surface area contributed by atoms with E-state index in [0.29, 0.717) is 0 Å². The number of benzene rings is 2. The number of hydrogen-bond acceptors (Lipinski definition) is 2. The van der Waals surface area contributed by atoms with Gasteiger partial charge in [-0.1, -0.05) is 60.2 Å². The number of carbonyl (C=O) groups is 1. The van der Waals surface area contributed by atoms with Gasteiger partial charge >= 0.3 is 6.09 Å². The molecule has 0 saturated carbocycles. The number of alkyl carbamates (subject to hydrolysis) is 1. The van der Waals surface area contributed by atoms with Crippen LogP contribution >= 0.6 is 0 Å². The predicted molar refractivity (Wildman–Crippen MR) is 79.4 cm³/mol. The summed E-state index contributed by atoms with van der Waals surface area (Å²) in [6, 6.07) is 17.6. The Bertz CT molecular complexity index is 549. The van der Waals surface area contributed by atoms with Crippen molar-refractivity contribution in [2.45, 2.75) is 26.5 Å². The van der Waals surface area contributed by atoms with E-state index in [1.807, 2.05) is 68.4 Å². The average Bonchev–Trinajstić information content (AvgIpc) is 2.47. The van der Waals surface area contributed by atoms with Crippen molar-refractivity contribution >= 4 is 6.09 Å². The van der Waals surface area contributed by atoms with E-state index in [1.165, 1.54) is 5.56 Å². The van der Waals surface area contributed by atoms with Gasteiger partial charge in [-0.15, -0.1) is 0 Å². The lowest BCUT2D eigenvalue weighted by Gasteiger charge is -2.14. The molecule has 0 spiro atoms. The summed E-state index contributed by atoms with van der Waals surface area (Å²) < 4.78 is 5.19. The van der Waals surface area contributed by atoms with Crippen LogP contribution in [-0.4, -0.2) is 6.09 Å². The monoisotopic (exact) mass is 269 g/mol. The molecule has 2 aromatic carbocycles. The van der Waals surface area contributed by atoms with Crippen molar-refractivity contribution in [1.29, 1.82) is 0 Å². The minimum absolute atomic E-state index is 0.0705. The van der Waals surface area contributed by atoms with E-state index in [-0.39, 0.29) is 12.6 Å². The molecule has 104 valence electrons. The summed E-state index contributed by atoms with van der Waals surface area (Å²) in [7, 11) is 0. The van der Waals surface area contributed by atoms with Crippen molar-refractivity contribution in [3.8, 4) is 0 Å². The fourth-order valence-corrected chi connectivity index (χ4v) is 1.88. The van der Waals surface area contributed by atoms with Gasteiger partial charge in [-0.05, 0) is 25.0 Å². The highest BCUT2D eigenvalue weighted by Crippen LogP contribution is 2.13. The Morgan fingerprint density at radius 3 is 2.40 bits per heavy atom. The molecule has 0 heterocycles. The van der Waals surface area contributed by atoms with Crippen LogP contribution in [0.25, 0.3) is 0 Å². The zero-order chi connectivity index (χ0) is 14.4. The molecule has 0 saturated heterocycles. The van der Waals surface area contributed by atoms with Crippen LogP contribution in [0.5, 0.6) is 0 Å². The van der Waals surface area contributed by atoms with Gasteiger partial charge in [0, 0.05) is 0 Å². The van der Waals surface area contributed by atoms with Crippen LogP contribution in [0.1, 0.15) is 29.7 Å². The summed E-state index contributed by atoms with van der Waals surface area (Å²) in [6.45, 7) is 4.26. The number of amides is 1. The number of hydrogen-bond donors (Lipinski definition) is 1. The summed E-state index contributed by atoms with van der Waals surface area (Å²) in [5.74, 6) is 0. The summed E-state index contributed by atoms with van der Waals surface area (Å²) in [6.07, 6.45) is -0.401. The number of ether oxygens (including phenoxy) is 1. The minimum atomic E-state index is -0.401. The van der Waals surface area contributed by atoms with Gasteiger partial charge < -0.3 is 10.1 Å². The standard InChI is InChI=1S/C17H19NO2/c1-13-8-10-16(11-9-13)14(2)18-17(19)20-12-15-6-4-3-5-7-15/h3-11,14H,12H2,1-2H3,(H,18,19)/t14-/m1/s1. The molecule has 2 aromatic rings. The molecule has 20 heavy (non-hydrogen) atoms. The van der Waals surface area contributed by atoms with E-state index in [9.17, 15) is 4.79 Å². The van der Waals surface area contributed by atoms with Gasteiger partial charge in [-0.25, -0.2) is 4.79 Å². The van der Waals surface area contributed by atoms with Gasteiger partial charge in [0.25, 0.3) is 0 Å². The molecule has 0 aliphatic rings. The van der Waals surface area contributed by atoms with Gasteiger partial charge in [-0.2, -0.15) is 0 Å². The molecule has 0 radical (unpaired) electrons. The molecule has 1 atom stereocenters. The third-order valence-corrected chi connectivity index (χ3v) is 3.12. The fourth-order valence-electron chi connectivity index (χ4n) is 1.88. The normalized spacial score (nSPS) is 11.7. The van der Waals surface area contributed by atoms with Crippen LogP contribution in [-0.2, 0) is 11.3 Å². The van der Waals surface area contributed by atoms with Gasteiger partial charge in [0.05, 0.1) is 6.04 Å². The molecular weight excluding hydrogens is 250 g/mol. The van der Waals surface area contributed by atoms with E-state index in [2.05, 4.69) is 5.32 Å². The second-order valence-corrected chi connectivity index (χ2v) is 4.84. The molecule has 0 unspecified atom stereocenters. The third kappa shape index (κ3) is 4.12. The largest absolute Gasteiger partial charge is 0.445 e. The highest BCUT2D eigenvalue weighted by Gasteiger charge is 2.10. The first-order valence-electron chi connectivity index (χ1n) is 6.69. The number of nitrogens with one attached hydrogen (secondary N) is 1. The van der Waals surface area contributed by atoms with Crippen molar-refractivity contribution in [2.24, 2.45) is 0 Å². The number of carbonyl (C=O) groups excluding carboxylic acids is 1. The smallest absolute Gasteiger partial charge is 0.407 e. The van der Waals surface area contributed by atoms with Gasteiger partial charge in [0.15, 0.2) is 0 Å². The zero-order valence-corrected chi connectivity index (χ0v) is 11.8. The zero-order valence-electron chi connectivity index (χ0n) is 11.8. The lowest BCUT2D eigenvalue weighted by Crippen LogP contribution is -2.27. The van der Waals surface area contributed by atoms with E-state index >= 15 is 0 Å². The molecule has 3 heteroatoms. The van der Waals surface area contributed by atoms with Gasteiger partial charge in [-0.3, -0.25) is 0 Å². The van der Waals surface area contributed by atoms with Crippen LogP contribution in [0, 0.1) is 6.92 Å². The Balaban J connectivity index is 1.83. The number of rotatable bonds is 4. The second kappa shape index (κ2) is 6.75. The molecule has 0 aliphatic carbocycles. The van der Waals surface area contributed by atoms with Crippen LogP contribution in [0.15, 0.2) is 54.6 Å². The first-order valence-corrected chi connectivity index (χ1v) is 6.69. The number of aryl methyl sites for hydroxylation is 1. The predicted octanol–water partition coefficient (Wildman–Crippen LogP) is 3.98. The Morgan fingerprint density at radius 1 is 1.10 bits per heavy atom. The van der Waals surface area contributed by atoms with Crippen LogP contribution in [0.2, 0.25) is 0 Å². The third-order valence-electron chi connectivity index (χ3n) is 3.12. The van der Waals surface area contributed by atoms with Gasteiger partial charge in [0.1, 0.15) is 6.61 Å². The molecule has 1 amide bonds. The molecular formula is C17H19NO2. The first-order chi connectivity index (χ1) is 9.65. The maximum atomic E-state index is 11.7. The summed E-state index contributed by atoms with van der Waals surface area (Å²) in [5, 5.41) is 2.82. The van der Waals surface area contributed by atoms with Crippen molar-refractivity contribution in [1.82, 2.24) is 5.32 Å².